The smallest absolute Gasteiger partial charge is 0.254 e. The second-order valence-electron chi connectivity index (χ2n) is 6.81. The maximum atomic E-state index is 14.1. The van der Waals surface area contributed by atoms with Crippen LogP contribution in [0.1, 0.15) is 42.1 Å². The van der Waals surface area contributed by atoms with E-state index in [9.17, 15) is 9.18 Å². The fraction of sp³-hybridized carbons (Fsp3) is 0.263. The molecule has 0 atom stereocenters. The molecule has 150 valence electrons. The topological polar surface area (TPSA) is 111 Å². The highest BCUT2D eigenvalue weighted by Crippen LogP contribution is 2.31. The van der Waals surface area contributed by atoms with Crippen molar-refractivity contribution in [3.63, 3.8) is 0 Å². The Bertz CT molecular complexity index is 1030. The number of nitrogens with zero attached hydrogens (tertiary/aromatic N) is 4. The van der Waals surface area contributed by atoms with Crippen LogP contribution in [-0.4, -0.2) is 25.7 Å². The van der Waals surface area contributed by atoms with Crippen molar-refractivity contribution < 1.29 is 9.18 Å². The highest BCUT2D eigenvalue weighted by atomic mass is 35.5. The van der Waals surface area contributed by atoms with Gasteiger partial charge in [0.1, 0.15) is 17.2 Å². The number of aromatic nitrogens is 4. The minimum atomic E-state index is -0.749. The quantitative estimate of drug-likeness (QED) is 0.557. The zero-order valence-corrected chi connectivity index (χ0v) is 16.2. The van der Waals surface area contributed by atoms with Gasteiger partial charge in [-0.05, 0) is 25.0 Å². The van der Waals surface area contributed by atoms with Crippen molar-refractivity contribution in [2.24, 2.45) is 5.73 Å². The van der Waals surface area contributed by atoms with Crippen molar-refractivity contribution in [1.29, 1.82) is 0 Å². The van der Waals surface area contributed by atoms with Crippen LogP contribution < -0.4 is 16.4 Å². The average Bonchev–Trinajstić information content (AvgIpc) is 3.36. The summed E-state index contributed by atoms with van der Waals surface area (Å²) in [7, 11) is 0. The molecule has 0 spiro atoms. The van der Waals surface area contributed by atoms with Gasteiger partial charge in [0.25, 0.3) is 5.91 Å². The summed E-state index contributed by atoms with van der Waals surface area (Å²) in [4.78, 5) is 20.1. The highest BCUT2D eigenvalue weighted by Gasteiger charge is 2.19. The van der Waals surface area contributed by atoms with Crippen molar-refractivity contribution in [2.45, 2.75) is 31.7 Å². The largest absolute Gasteiger partial charge is 0.365 e. The maximum Gasteiger partial charge on any atom is 0.254 e. The van der Waals surface area contributed by atoms with Crippen molar-refractivity contribution in [3.05, 3.63) is 53.2 Å². The molecule has 1 amide bonds. The number of amides is 1. The Morgan fingerprint density at radius 2 is 2.03 bits per heavy atom. The zero-order valence-electron chi connectivity index (χ0n) is 15.4. The van der Waals surface area contributed by atoms with Crippen LogP contribution in [0.25, 0.3) is 0 Å². The third-order valence-electron chi connectivity index (χ3n) is 4.82. The summed E-state index contributed by atoms with van der Waals surface area (Å²) >= 11 is 6.06. The normalized spacial score (nSPS) is 14.1. The molecule has 0 radical (unpaired) electrons. The fourth-order valence-electron chi connectivity index (χ4n) is 3.35. The number of hydrogen-bond acceptors (Lipinski definition) is 6. The Labute approximate surface area is 171 Å². The number of anilines is 4. The Kier molecular flexibility index (Phi) is 5.30. The first-order valence-electron chi connectivity index (χ1n) is 9.20. The van der Waals surface area contributed by atoms with Crippen molar-refractivity contribution in [2.75, 3.05) is 10.6 Å². The second kappa shape index (κ2) is 8.04. The molecule has 10 heteroatoms. The number of nitrogens with one attached hydrogen (secondary N) is 2. The predicted octanol–water partition coefficient (Wildman–Crippen LogP) is 4.17. The SMILES string of the molecule is NC(=O)c1cnc(Nc2cnn(C3CCCC3)c2)nc1Nc1c(F)cccc1Cl. The van der Waals surface area contributed by atoms with Gasteiger partial charge in [-0.3, -0.25) is 9.48 Å². The molecule has 1 aliphatic carbocycles. The molecule has 3 aromatic rings. The summed E-state index contributed by atoms with van der Waals surface area (Å²) in [5.41, 5.74) is 6.11. The third kappa shape index (κ3) is 4.14. The lowest BCUT2D eigenvalue weighted by Gasteiger charge is -2.12. The lowest BCUT2D eigenvalue weighted by atomic mass is 10.2. The van der Waals surface area contributed by atoms with Crippen LogP contribution in [0.3, 0.4) is 0 Å². The van der Waals surface area contributed by atoms with Crippen LogP contribution in [-0.2, 0) is 0 Å². The minimum absolute atomic E-state index is 0.00429. The minimum Gasteiger partial charge on any atom is -0.365 e. The number of primary amides is 1. The van der Waals surface area contributed by atoms with E-state index < -0.39 is 11.7 Å². The molecule has 1 fully saturated rings. The van der Waals surface area contributed by atoms with Gasteiger partial charge >= 0.3 is 0 Å². The molecule has 29 heavy (non-hydrogen) atoms. The summed E-state index contributed by atoms with van der Waals surface area (Å²) in [5.74, 6) is -1.08. The van der Waals surface area contributed by atoms with E-state index in [2.05, 4.69) is 25.7 Å². The summed E-state index contributed by atoms with van der Waals surface area (Å²) in [6.45, 7) is 0. The van der Waals surface area contributed by atoms with Gasteiger partial charge in [0.15, 0.2) is 0 Å². The molecule has 0 bridgehead atoms. The summed E-state index contributed by atoms with van der Waals surface area (Å²) in [5, 5.41) is 10.3. The second-order valence-corrected chi connectivity index (χ2v) is 7.22. The molecule has 1 aromatic carbocycles. The number of benzene rings is 1. The molecule has 2 heterocycles. The molecule has 0 aliphatic heterocycles. The summed E-state index contributed by atoms with van der Waals surface area (Å²) in [6, 6.07) is 4.65. The molecule has 2 aromatic heterocycles. The van der Waals surface area contributed by atoms with Gasteiger partial charge in [0.2, 0.25) is 5.95 Å². The Morgan fingerprint density at radius 3 is 2.76 bits per heavy atom. The molecule has 1 saturated carbocycles. The molecular formula is C19H19ClFN7O. The lowest BCUT2D eigenvalue weighted by Crippen LogP contribution is -2.16. The maximum absolute atomic E-state index is 14.1. The summed E-state index contributed by atoms with van der Waals surface area (Å²) in [6.07, 6.45) is 9.49. The van der Waals surface area contributed by atoms with Gasteiger partial charge < -0.3 is 16.4 Å². The lowest BCUT2D eigenvalue weighted by molar-refractivity contribution is 0.100. The van der Waals surface area contributed by atoms with E-state index in [1.807, 2.05) is 10.9 Å². The molecule has 4 N–H and O–H groups in total. The standard InChI is InChI=1S/C19H19ClFN7O/c20-14-6-3-7-15(21)16(14)26-18-13(17(22)29)9-23-19(27-18)25-11-8-24-28(10-11)12-4-1-2-5-12/h3,6-10,12H,1-2,4-5H2,(H2,22,29)(H2,23,25,26,27). The highest BCUT2D eigenvalue weighted by molar-refractivity contribution is 6.33. The molecule has 8 nitrogen and oxygen atoms in total. The number of rotatable bonds is 6. The van der Waals surface area contributed by atoms with E-state index in [1.54, 1.807) is 6.20 Å². The van der Waals surface area contributed by atoms with Crippen molar-refractivity contribution in [3.8, 4) is 0 Å². The fourth-order valence-corrected chi connectivity index (χ4v) is 3.56. The van der Waals surface area contributed by atoms with Crippen LogP contribution in [0.4, 0.5) is 27.5 Å². The van der Waals surface area contributed by atoms with Crippen LogP contribution in [0.2, 0.25) is 5.02 Å². The predicted molar refractivity (Wildman–Crippen MR) is 108 cm³/mol. The molecule has 0 unspecified atom stereocenters. The van der Waals surface area contributed by atoms with Crippen LogP contribution in [0, 0.1) is 5.82 Å². The van der Waals surface area contributed by atoms with Crippen LogP contribution in [0.5, 0.6) is 0 Å². The van der Waals surface area contributed by atoms with Gasteiger partial charge in [0.05, 0.1) is 28.6 Å². The van der Waals surface area contributed by atoms with E-state index in [0.717, 1.165) is 12.8 Å². The molecule has 1 aliphatic rings. The van der Waals surface area contributed by atoms with Crippen molar-refractivity contribution in [1.82, 2.24) is 19.7 Å². The van der Waals surface area contributed by atoms with Crippen LogP contribution >= 0.6 is 11.6 Å². The molecule has 4 rings (SSSR count). The number of carbonyl (C=O) groups excluding carboxylic acids is 1. The van der Waals surface area contributed by atoms with Crippen molar-refractivity contribution >= 4 is 40.6 Å². The van der Waals surface area contributed by atoms with E-state index in [0.29, 0.717) is 11.7 Å². The average molecular weight is 416 g/mol. The van der Waals surface area contributed by atoms with E-state index in [-0.39, 0.29) is 28.0 Å². The van der Waals surface area contributed by atoms with E-state index in [1.165, 1.54) is 37.2 Å². The van der Waals surface area contributed by atoms with Gasteiger partial charge in [-0.2, -0.15) is 10.1 Å². The molecule has 0 saturated heterocycles. The van der Waals surface area contributed by atoms with E-state index in [4.69, 9.17) is 17.3 Å². The van der Waals surface area contributed by atoms with Crippen LogP contribution in [0.15, 0.2) is 36.8 Å². The Hall–Kier alpha value is -3.20. The van der Waals surface area contributed by atoms with Gasteiger partial charge in [-0.25, -0.2) is 9.37 Å². The number of carbonyl (C=O) groups is 1. The Morgan fingerprint density at radius 1 is 1.24 bits per heavy atom. The third-order valence-corrected chi connectivity index (χ3v) is 5.13. The van der Waals surface area contributed by atoms with Gasteiger partial charge in [0, 0.05) is 12.4 Å². The number of para-hydroxylation sites is 1. The van der Waals surface area contributed by atoms with Gasteiger partial charge in [-0.15, -0.1) is 0 Å². The monoisotopic (exact) mass is 415 g/mol. The number of hydrogen-bond donors (Lipinski definition) is 3. The Balaban J connectivity index is 1.60. The molecular weight excluding hydrogens is 397 g/mol. The zero-order chi connectivity index (χ0) is 20.4. The summed E-state index contributed by atoms with van der Waals surface area (Å²) < 4.78 is 16.1. The number of halogens is 2. The first kappa shape index (κ1) is 19.1. The van der Waals surface area contributed by atoms with E-state index >= 15 is 0 Å². The van der Waals surface area contributed by atoms with Gasteiger partial charge in [-0.1, -0.05) is 30.5 Å². The number of nitrogens with two attached hydrogens (primary N) is 1. The first-order chi connectivity index (χ1) is 14.0. The first-order valence-corrected chi connectivity index (χ1v) is 9.58.